The summed E-state index contributed by atoms with van der Waals surface area (Å²) < 4.78 is 11.7. The van der Waals surface area contributed by atoms with Crippen LogP contribution >= 0.6 is 11.3 Å². The Morgan fingerprint density at radius 1 is 1.48 bits per heavy atom. The van der Waals surface area contributed by atoms with Gasteiger partial charge in [-0.1, -0.05) is 12.1 Å². The highest BCUT2D eigenvalue weighted by atomic mass is 32.1. The molecule has 5 nitrogen and oxygen atoms in total. The first-order chi connectivity index (χ1) is 11.1. The van der Waals surface area contributed by atoms with E-state index in [1.54, 1.807) is 11.3 Å². The molecule has 0 unspecified atom stereocenters. The molecule has 2 aromatic rings. The van der Waals surface area contributed by atoms with Gasteiger partial charge in [-0.2, -0.15) is 0 Å². The zero-order chi connectivity index (χ0) is 16.4. The van der Waals surface area contributed by atoms with Crippen molar-refractivity contribution in [3.63, 3.8) is 0 Å². The SMILES string of the molecule is COC(=O)[C@@H]1CN([C@H](C)Cc2nc3ccccc3s2)C[C@@H](C)O1. The number of benzene rings is 1. The molecule has 0 radical (unpaired) electrons. The molecule has 2 heterocycles. The average Bonchev–Trinajstić information content (AvgIpc) is 2.95. The Labute approximate surface area is 140 Å². The van der Waals surface area contributed by atoms with Crippen molar-refractivity contribution in [2.75, 3.05) is 20.2 Å². The molecule has 23 heavy (non-hydrogen) atoms. The summed E-state index contributed by atoms with van der Waals surface area (Å²) in [4.78, 5) is 18.8. The van der Waals surface area contributed by atoms with Gasteiger partial charge in [-0.05, 0) is 26.0 Å². The summed E-state index contributed by atoms with van der Waals surface area (Å²) in [5, 5.41) is 1.13. The number of hydrogen-bond donors (Lipinski definition) is 0. The number of carbonyl (C=O) groups is 1. The molecule has 1 aromatic carbocycles. The lowest BCUT2D eigenvalue weighted by atomic mass is 10.1. The number of hydrogen-bond acceptors (Lipinski definition) is 6. The molecule has 1 aliphatic heterocycles. The van der Waals surface area contributed by atoms with E-state index in [0.29, 0.717) is 12.6 Å². The molecule has 1 fully saturated rings. The third-order valence-corrected chi connectivity index (χ3v) is 5.24. The molecule has 124 valence electrons. The maximum atomic E-state index is 11.8. The van der Waals surface area contributed by atoms with E-state index in [1.165, 1.54) is 11.8 Å². The second-order valence-corrected chi connectivity index (χ2v) is 7.16. The van der Waals surface area contributed by atoms with Gasteiger partial charge in [-0.25, -0.2) is 9.78 Å². The standard InChI is InChI=1S/C17H22N2O3S/c1-11(8-16-18-13-6-4-5-7-15(13)23-16)19-9-12(2)22-14(10-19)17(20)21-3/h4-7,11-12,14H,8-10H2,1-3H3/t11-,12-,14+/m1/s1. The van der Waals surface area contributed by atoms with Gasteiger partial charge in [0, 0.05) is 25.6 Å². The molecule has 3 rings (SSSR count). The molecule has 6 heteroatoms. The third kappa shape index (κ3) is 3.71. The van der Waals surface area contributed by atoms with Crippen LogP contribution in [0.4, 0.5) is 0 Å². The zero-order valence-corrected chi connectivity index (χ0v) is 14.5. The Bertz CT molecular complexity index is 654. The van der Waals surface area contributed by atoms with Crippen LogP contribution in [-0.4, -0.2) is 54.3 Å². The summed E-state index contributed by atoms with van der Waals surface area (Å²) >= 11 is 1.74. The number of rotatable bonds is 4. The van der Waals surface area contributed by atoms with Crippen molar-refractivity contribution in [3.05, 3.63) is 29.3 Å². The fourth-order valence-electron chi connectivity index (χ4n) is 2.99. The Morgan fingerprint density at radius 2 is 2.26 bits per heavy atom. The van der Waals surface area contributed by atoms with Gasteiger partial charge in [0.15, 0.2) is 6.10 Å². The van der Waals surface area contributed by atoms with Crippen LogP contribution in [0.25, 0.3) is 10.2 Å². The molecular weight excluding hydrogens is 312 g/mol. The number of fused-ring (bicyclic) bond motifs is 1. The molecule has 0 N–H and O–H groups in total. The van der Waals surface area contributed by atoms with Crippen LogP contribution in [0.5, 0.6) is 0 Å². The minimum atomic E-state index is -0.499. The number of nitrogens with zero attached hydrogens (tertiary/aromatic N) is 2. The van der Waals surface area contributed by atoms with Gasteiger partial charge in [0.05, 0.1) is 28.4 Å². The largest absolute Gasteiger partial charge is 0.467 e. The van der Waals surface area contributed by atoms with Crippen molar-refractivity contribution in [3.8, 4) is 0 Å². The maximum Gasteiger partial charge on any atom is 0.336 e. The number of para-hydroxylation sites is 1. The van der Waals surface area contributed by atoms with Gasteiger partial charge in [0.1, 0.15) is 0 Å². The summed E-state index contributed by atoms with van der Waals surface area (Å²) in [6.07, 6.45) is 0.396. The van der Waals surface area contributed by atoms with Crippen LogP contribution < -0.4 is 0 Å². The quantitative estimate of drug-likeness (QED) is 0.804. The second-order valence-electron chi connectivity index (χ2n) is 6.04. The average molecular weight is 334 g/mol. The Hall–Kier alpha value is -1.50. The Kier molecular flexibility index (Phi) is 4.94. The van der Waals surface area contributed by atoms with Crippen molar-refractivity contribution in [2.24, 2.45) is 0 Å². The number of methoxy groups -OCH3 is 1. The molecular formula is C17H22N2O3S. The van der Waals surface area contributed by atoms with Gasteiger partial charge in [-0.15, -0.1) is 11.3 Å². The van der Waals surface area contributed by atoms with Crippen LogP contribution in [0.15, 0.2) is 24.3 Å². The number of aromatic nitrogens is 1. The van der Waals surface area contributed by atoms with E-state index in [9.17, 15) is 4.79 Å². The van der Waals surface area contributed by atoms with Crippen LogP contribution in [0.2, 0.25) is 0 Å². The van der Waals surface area contributed by atoms with Crippen LogP contribution in [0, 0.1) is 0 Å². The smallest absolute Gasteiger partial charge is 0.336 e. The lowest BCUT2D eigenvalue weighted by Gasteiger charge is -2.38. The molecule has 0 aliphatic carbocycles. The molecule has 1 aromatic heterocycles. The van der Waals surface area contributed by atoms with Gasteiger partial charge >= 0.3 is 5.97 Å². The third-order valence-electron chi connectivity index (χ3n) is 4.18. The number of thiazole rings is 1. The Morgan fingerprint density at radius 3 is 3.00 bits per heavy atom. The highest BCUT2D eigenvalue weighted by Crippen LogP contribution is 2.24. The second kappa shape index (κ2) is 6.95. The lowest BCUT2D eigenvalue weighted by molar-refractivity contribution is -0.167. The molecule has 1 saturated heterocycles. The zero-order valence-electron chi connectivity index (χ0n) is 13.7. The monoisotopic (exact) mass is 334 g/mol. The number of morpholine rings is 1. The minimum absolute atomic E-state index is 0.0191. The first-order valence-corrected chi connectivity index (χ1v) is 8.70. The van der Waals surface area contributed by atoms with E-state index in [0.717, 1.165) is 23.5 Å². The van der Waals surface area contributed by atoms with Crippen LogP contribution in [-0.2, 0) is 20.7 Å². The highest BCUT2D eigenvalue weighted by molar-refractivity contribution is 7.18. The number of carbonyl (C=O) groups excluding carboxylic acids is 1. The molecule has 0 bridgehead atoms. The van der Waals surface area contributed by atoms with Gasteiger partial charge in [0.25, 0.3) is 0 Å². The predicted molar refractivity (Wildman–Crippen MR) is 90.7 cm³/mol. The Balaban J connectivity index is 1.69. The van der Waals surface area contributed by atoms with Crippen LogP contribution in [0.1, 0.15) is 18.9 Å². The van der Waals surface area contributed by atoms with E-state index in [-0.39, 0.29) is 12.1 Å². The summed E-state index contributed by atoms with van der Waals surface area (Å²) in [7, 11) is 1.40. The van der Waals surface area contributed by atoms with E-state index in [4.69, 9.17) is 14.5 Å². The fraction of sp³-hybridized carbons (Fsp3) is 0.529. The fourth-order valence-corrected chi connectivity index (χ4v) is 4.08. The molecule has 0 saturated carbocycles. The highest BCUT2D eigenvalue weighted by Gasteiger charge is 2.33. The maximum absolute atomic E-state index is 11.8. The van der Waals surface area contributed by atoms with Gasteiger partial charge in [-0.3, -0.25) is 4.90 Å². The van der Waals surface area contributed by atoms with Crippen molar-refractivity contribution >= 4 is 27.5 Å². The molecule has 0 spiro atoms. The summed E-state index contributed by atoms with van der Waals surface area (Å²) in [5.41, 5.74) is 1.06. The topological polar surface area (TPSA) is 51.7 Å². The van der Waals surface area contributed by atoms with Gasteiger partial charge < -0.3 is 9.47 Å². The number of ether oxygens (including phenoxy) is 2. The van der Waals surface area contributed by atoms with Crippen molar-refractivity contribution in [2.45, 2.75) is 38.5 Å². The molecule has 1 aliphatic rings. The van der Waals surface area contributed by atoms with E-state index in [1.807, 2.05) is 25.1 Å². The lowest BCUT2D eigenvalue weighted by Crippen LogP contribution is -2.53. The number of esters is 1. The summed E-state index contributed by atoms with van der Waals surface area (Å²) in [6.45, 7) is 5.56. The van der Waals surface area contributed by atoms with E-state index >= 15 is 0 Å². The molecule has 3 atom stereocenters. The first-order valence-electron chi connectivity index (χ1n) is 7.88. The van der Waals surface area contributed by atoms with Gasteiger partial charge in [0.2, 0.25) is 0 Å². The predicted octanol–water partition coefficient (Wildman–Crippen LogP) is 2.49. The minimum Gasteiger partial charge on any atom is -0.467 e. The van der Waals surface area contributed by atoms with Crippen LogP contribution in [0.3, 0.4) is 0 Å². The normalized spacial score (nSPS) is 23.8. The summed E-state index contributed by atoms with van der Waals surface area (Å²) in [5.74, 6) is -0.297. The molecule has 0 amide bonds. The van der Waals surface area contributed by atoms with Crippen molar-refractivity contribution in [1.29, 1.82) is 0 Å². The van der Waals surface area contributed by atoms with E-state index in [2.05, 4.69) is 17.9 Å². The van der Waals surface area contributed by atoms with E-state index < -0.39 is 6.10 Å². The summed E-state index contributed by atoms with van der Waals surface area (Å²) in [6, 6.07) is 8.50. The van der Waals surface area contributed by atoms with Crippen molar-refractivity contribution < 1.29 is 14.3 Å². The van der Waals surface area contributed by atoms with Crippen molar-refractivity contribution in [1.82, 2.24) is 9.88 Å². The first kappa shape index (κ1) is 16.4.